The van der Waals surface area contributed by atoms with Gasteiger partial charge in [-0.2, -0.15) is 0 Å². The predicted octanol–water partition coefficient (Wildman–Crippen LogP) is 3.02. The molecule has 0 atom stereocenters. The van der Waals surface area contributed by atoms with Gasteiger partial charge in [-0.3, -0.25) is 4.98 Å². The molecule has 17 heavy (non-hydrogen) atoms. The van der Waals surface area contributed by atoms with Gasteiger partial charge in [-0.25, -0.2) is 4.79 Å². The number of nitrogens with zero attached hydrogens (tertiary/aromatic N) is 1. The molecule has 0 aliphatic rings. The summed E-state index contributed by atoms with van der Waals surface area (Å²) in [6.07, 6.45) is 3.46. The third kappa shape index (κ3) is 3.84. The summed E-state index contributed by atoms with van der Waals surface area (Å²) >= 11 is 0. The second-order valence-electron chi connectivity index (χ2n) is 4.50. The van der Waals surface area contributed by atoms with Gasteiger partial charge in [0, 0.05) is 11.9 Å². The van der Waals surface area contributed by atoms with Crippen molar-refractivity contribution in [3.8, 4) is 0 Å². The third-order valence-electron chi connectivity index (χ3n) is 2.55. The fourth-order valence-electron chi connectivity index (χ4n) is 1.74. The first kappa shape index (κ1) is 13.7. The van der Waals surface area contributed by atoms with Gasteiger partial charge < -0.3 is 4.74 Å². The molecule has 1 aromatic heterocycles. The Labute approximate surface area is 103 Å². The summed E-state index contributed by atoms with van der Waals surface area (Å²) in [5, 5.41) is 0. The van der Waals surface area contributed by atoms with E-state index in [9.17, 15) is 4.79 Å². The van der Waals surface area contributed by atoms with Gasteiger partial charge in [0.15, 0.2) is 0 Å². The lowest BCUT2D eigenvalue weighted by Gasteiger charge is -2.10. The molecular formula is C14H21NO2. The van der Waals surface area contributed by atoms with Gasteiger partial charge in [0.2, 0.25) is 0 Å². The number of carbonyl (C=O) groups is 1. The molecule has 0 amide bonds. The molecule has 1 heterocycles. The van der Waals surface area contributed by atoms with Crippen LogP contribution in [0.1, 0.15) is 49.3 Å². The number of esters is 1. The summed E-state index contributed by atoms with van der Waals surface area (Å²) in [5.41, 5.74) is 2.79. The van der Waals surface area contributed by atoms with Crippen LogP contribution in [0.5, 0.6) is 0 Å². The van der Waals surface area contributed by atoms with Gasteiger partial charge in [0.05, 0.1) is 12.2 Å². The minimum atomic E-state index is -0.286. The van der Waals surface area contributed by atoms with Gasteiger partial charge in [0.25, 0.3) is 0 Å². The first-order valence-corrected chi connectivity index (χ1v) is 6.23. The highest BCUT2D eigenvalue weighted by Gasteiger charge is 2.11. The fourth-order valence-corrected chi connectivity index (χ4v) is 1.74. The van der Waals surface area contributed by atoms with Crippen molar-refractivity contribution in [1.82, 2.24) is 4.98 Å². The van der Waals surface area contributed by atoms with Crippen molar-refractivity contribution >= 4 is 5.97 Å². The molecule has 0 radical (unpaired) electrons. The quantitative estimate of drug-likeness (QED) is 0.736. The van der Waals surface area contributed by atoms with Gasteiger partial charge >= 0.3 is 5.97 Å². The lowest BCUT2D eigenvalue weighted by Crippen LogP contribution is -2.09. The number of ether oxygens (including phenoxy) is 1. The predicted molar refractivity (Wildman–Crippen MR) is 68.1 cm³/mol. The maximum Gasteiger partial charge on any atom is 0.339 e. The van der Waals surface area contributed by atoms with Crippen molar-refractivity contribution in [2.24, 2.45) is 5.92 Å². The zero-order valence-corrected chi connectivity index (χ0v) is 11.1. The van der Waals surface area contributed by atoms with E-state index in [4.69, 9.17) is 4.74 Å². The van der Waals surface area contributed by atoms with Crippen molar-refractivity contribution in [2.45, 2.75) is 40.5 Å². The van der Waals surface area contributed by atoms with Crippen LogP contribution < -0.4 is 0 Å². The van der Waals surface area contributed by atoms with Gasteiger partial charge in [-0.05, 0) is 37.3 Å². The van der Waals surface area contributed by atoms with Crippen LogP contribution in [0.4, 0.5) is 0 Å². The first-order chi connectivity index (χ1) is 8.08. The Bertz CT molecular complexity index is 386. The molecule has 0 fully saturated rings. The van der Waals surface area contributed by atoms with E-state index in [2.05, 4.69) is 25.8 Å². The van der Waals surface area contributed by atoms with Crippen molar-refractivity contribution in [3.05, 3.63) is 29.1 Å². The standard InChI is InChI=1S/C14H21NO2/c1-5-11-8-12(14(16)17-6-2)9-15-13(11)7-10(3)4/h8-10H,5-7H2,1-4H3. The lowest BCUT2D eigenvalue weighted by atomic mass is 10.0. The maximum atomic E-state index is 11.6. The second-order valence-corrected chi connectivity index (χ2v) is 4.50. The molecule has 1 rings (SSSR count). The van der Waals surface area contributed by atoms with E-state index in [1.165, 1.54) is 0 Å². The minimum Gasteiger partial charge on any atom is -0.462 e. The molecule has 0 bridgehead atoms. The number of carbonyl (C=O) groups excluding carboxylic acids is 1. The molecule has 0 aliphatic carbocycles. The second kappa shape index (κ2) is 6.38. The normalized spacial score (nSPS) is 10.6. The van der Waals surface area contributed by atoms with Crippen LogP contribution in [0.3, 0.4) is 0 Å². The molecular weight excluding hydrogens is 214 g/mol. The summed E-state index contributed by atoms with van der Waals surface area (Å²) in [5.74, 6) is 0.284. The molecule has 0 saturated carbocycles. The van der Waals surface area contributed by atoms with Gasteiger partial charge in [-0.1, -0.05) is 20.8 Å². The summed E-state index contributed by atoms with van der Waals surface area (Å²) in [7, 11) is 0. The highest BCUT2D eigenvalue weighted by atomic mass is 16.5. The zero-order valence-electron chi connectivity index (χ0n) is 11.1. The smallest absolute Gasteiger partial charge is 0.339 e. The van der Waals surface area contributed by atoms with E-state index in [0.29, 0.717) is 18.1 Å². The van der Waals surface area contributed by atoms with E-state index >= 15 is 0 Å². The van der Waals surface area contributed by atoms with Crippen LogP contribution in [-0.2, 0) is 17.6 Å². The average Bonchev–Trinajstić information content (AvgIpc) is 2.29. The molecule has 0 saturated heterocycles. The van der Waals surface area contributed by atoms with Gasteiger partial charge in [-0.15, -0.1) is 0 Å². The van der Waals surface area contributed by atoms with Crippen molar-refractivity contribution in [1.29, 1.82) is 0 Å². The van der Waals surface area contributed by atoms with Crippen LogP contribution in [-0.4, -0.2) is 17.6 Å². The van der Waals surface area contributed by atoms with E-state index in [1.54, 1.807) is 13.1 Å². The van der Waals surface area contributed by atoms with E-state index in [-0.39, 0.29) is 5.97 Å². The highest BCUT2D eigenvalue weighted by Crippen LogP contribution is 2.14. The van der Waals surface area contributed by atoms with Crippen molar-refractivity contribution in [3.63, 3.8) is 0 Å². The Hall–Kier alpha value is -1.38. The van der Waals surface area contributed by atoms with Crippen molar-refractivity contribution in [2.75, 3.05) is 6.61 Å². The molecule has 0 aromatic carbocycles. The van der Waals surface area contributed by atoms with E-state index < -0.39 is 0 Å². The Kier molecular flexibility index (Phi) is 5.13. The molecule has 0 aliphatic heterocycles. The van der Waals surface area contributed by atoms with Crippen LogP contribution in [0.2, 0.25) is 0 Å². The Morgan fingerprint density at radius 1 is 1.41 bits per heavy atom. The summed E-state index contributed by atoms with van der Waals surface area (Å²) < 4.78 is 4.97. The molecule has 3 nitrogen and oxygen atoms in total. The molecule has 0 spiro atoms. The topological polar surface area (TPSA) is 39.2 Å². The number of aryl methyl sites for hydroxylation is 1. The molecule has 1 aromatic rings. The molecule has 0 unspecified atom stereocenters. The largest absolute Gasteiger partial charge is 0.462 e. The maximum absolute atomic E-state index is 11.6. The molecule has 3 heteroatoms. The molecule has 94 valence electrons. The van der Waals surface area contributed by atoms with Crippen LogP contribution in [0.15, 0.2) is 12.3 Å². The first-order valence-electron chi connectivity index (χ1n) is 6.23. The highest BCUT2D eigenvalue weighted by molar-refractivity contribution is 5.89. The zero-order chi connectivity index (χ0) is 12.8. The summed E-state index contributed by atoms with van der Waals surface area (Å²) in [6.45, 7) is 8.61. The Morgan fingerprint density at radius 3 is 2.65 bits per heavy atom. The van der Waals surface area contributed by atoms with Crippen LogP contribution in [0.25, 0.3) is 0 Å². The number of hydrogen-bond acceptors (Lipinski definition) is 3. The van der Waals surface area contributed by atoms with E-state index in [1.807, 2.05) is 6.07 Å². The number of hydrogen-bond donors (Lipinski definition) is 0. The summed E-state index contributed by atoms with van der Waals surface area (Å²) in [6, 6.07) is 1.91. The van der Waals surface area contributed by atoms with Gasteiger partial charge in [0.1, 0.15) is 0 Å². The number of pyridine rings is 1. The SMILES string of the molecule is CCOC(=O)c1cnc(CC(C)C)c(CC)c1. The summed E-state index contributed by atoms with van der Waals surface area (Å²) in [4.78, 5) is 16.0. The van der Waals surface area contributed by atoms with Crippen LogP contribution in [0, 0.1) is 5.92 Å². The van der Waals surface area contributed by atoms with Crippen molar-refractivity contribution < 1.29 is 9.53 Å². The number of rotatable bonds is 5. The monoisotopic (exact) mass is 235 g/mol. The van der Waals surface area contributed by atoms with E-state index in [0.717, 1.165) is 24.1 Å². The third-order valence-corrected chi connectivity index (χ3v) is 2.55. The Balaban J connectivity index is 2.95. The Morgan fingerprint density at radius 2 is 2.12 bits per heavy atom. The number of aromatic nitrogens is 1. The molecule has 0 N–H and O–H groups in total. The fraction of sp³-hybridized carbons (Fsp3) is 0.571. The lowest BCUT2D eigenvalue weighted by molar-refractivity contribution is 0.0525. The minimum absolute atomic E-state index is 0.286. The average molecular weight is 235 g/mol. The van der Waals surface area contributed by atoms with Crippen LogP contribution >= 0.6 is 0 Å².